The highest BCUT2D eigenvalue weighted by atomic mass is 32.1. The second-order valence-electron chi connectivity index (χ2n) is 4.61. The second kappa shape index (κ2) is 5.34. The van der Waals surface area contributed by atoms with Crippen molar-refractivity contribution in [3.63, 3.8) is 0 Å². The van der Waals surface area contributed by atoms with Crippen LogP contribution in [0.25, 0.3) is 10.2 Å². The number of hydrogen-bond donors (Lipinski definition) is 2. The third kappa shape index (κ3) is 2.57. The first kappa shape index (κ1) is 13.8. The van der Waals surface area contributed by atoms with E-state index in [2.05, 4.69) is 20.5 Å². The van der Waals surface area contributed by atoms with E-state index in [1.54, 1.807) is 11.3 Å². The molecule has 7 heteroatoms. The number of nitrogens with one attached hydrogen (secondary N) is 1. The molecule has 0 aliphatic heterocycles. The summed E-state index contributed by atoms with van der Waals surface area (Å²) in [4.78, 5) is 4.82. The van der Waals surface area contributed by atoms with E-state index < -0.39 is 0 Å². The maximum absolute atomic E-state index is 5.82. The van der Waals surface area contributed by atoms with Gasteiger partial charge in [0.15, 0.2) is 10.9 Å². The van der Waals surface area contributed by atoms with Crippen molar-refractivity contribution in [1.82, 2.24) is 15.2 Å². The summed E-state index contributed by atoms with van der Waals surface area (Å²) >= 11 is 6.68. The molecule has 0 aliphatic carbocycles. The second-order valence-corrected chi connectivity index (χ2v) is 6.08. The summed E-state index contributed by atoms with van der Waals surface area (Å²) in [5.74, 6) is 0.546. The highest BCUT2D eigenvalue weighted by Crippen LogP contribution is 2.29. The van der Waals surface area contributed by atoms with Crippen LogP contribution in [0.1, 0.15) is 16.8 Å². The summed E-state index contributed by atoms with van der Waals surface area (Å²) in [5.41, 5.74) is 9.23. The highest BCUT2D eigenvalue weighted by Gasteiger charge is 2.15. The van der Waals surface area contributed by atoms with Gasteiger partial charge < -0.3 is 11.1 Å². The van der Waals surface area contributed by atoms with Crippen LogP contribution in [-0.4, -0.2) is 20.2 Å². The Morgan fingerprint density at radius 3 is 2.71 bits per heavy atom. The van der Waals surface area contributed by atoms with E-state index in [0.29, 0.717) is 10.8 Å². The van der Waals surface area contributed by atoms with E-state index in [-0.39, 0.29) is 0 Å². The Morgan fingerprint density at radius 2 is 2.00 bits per heavy atom. The fourth-order valence-electron chi connectivity index (χ4n) is 2.02. The van der Waals surface area contributed by atoms with E-state index in [0.717, 1.165) is 32.2 Å². The predicted molar refractivity (Wildman–Crippen MR) is 90.3 cm³/mol. The van der Waals surface area contributed by atoms with Crippen LogP contribution in [-0.2, 0) is 0 Å². The topological polar surface area (TPSA) is 76.7 Å². The van der Waals surface area contributed by atoms with Crippen LogP contribution in [0.5, 0.6) is 0 Å². The van der Waals surface area contributed by atoms with Crippen molar-refractivity contribution in [2.45, 2.75) is 13.8 Å². The number of thiocarbonyl (C=S) groups is 1. The number of fused-ring (bicyclic) bond motifs is 1. The number of nitrogens with zero attached hydrogens (tertiary/aromatic N) is 3. The molecular weight excluding hydrogens is 302 g/mol. The summed E-state index contributed by atoms with van der Waals surface area (Å²) < 4.78 is 1.11. The van der Waals surface area contributed by atoms with Crippen LogP contribution >= 0.6 is 23.6 Å². The van der Waals surface area contributed by atoms with Gasteiger partial charge in [0.05, 0.1) is 21.5 Å². The molecule has 0 saturated heterocycles. The third-order valence-electron chi connectivity index (χ3n) is 3.22. The summed E-state index contributed by atoms with van der Waals surface area (Å²) in [6, 6.07) is 7.94. The van der Waals surface area contributed by atoms with Gasteiger partial charge in [-0.2, -0.15) is 5.10 Å². The SMILES string of the molecule is Cc1nnc(Nc2nc3ccccc3s2)c(C(N)=S)c1C. The lowest BCUT2D eigenvalue weighted by molar-refractivity contribution is 0.963. The van der Waals surface area contributed by atoms with Crippen molar-refractivity contribution in [2.75, 3.05) is 5.32 Å². The number of aryl methyl sites for hydroxylation is 1. The van der Waals surface area contributed by atoms with Gasteiger partial charge in [-0.05, 0) is 31.5 Å². The van der Waals surface area contributed by atoms with Crippen molar-refractivity contribution in [3.8, 4) is 0 Å². The minimum absolute atomic E-state index is 0.300. The zero-order chi connectivity index (χ0) is 15.0. The molecular formula is C14H13N5S2. The lowest BCUT2D eigenvalue weighted by Gasteiger charge is -2.11. The molecule has 3 rings (SSSR count). The van der Waals surface area contributed by atoms with Crippen molar-refractivity contribution in [2.24, 2.45) is 5.73 Å². The summed E-state index contributed by atoms with van der Waals surface area (Å²) in [5, 5.41) is 12.2. The quantitative estimate of drug-likeness (QED) is 0.723. The van der Waals surface area contributed by atoms with Crippen LogP contribution in [0.4, 0.5) is 10.9 Å². The first-order valence-corrected chi connectivity index (χ1v) is 7.55. The fourth-order valence-corrected chi connectivity index (χ4v) is 3.14. The van der Waals surface area contributed by atoms with E-state index >= 15 is 0 Å². The Morgan fingerprint density at radius 1 is 1.24 bits per heavy atom. The van der Waals surface area contributed by atoms with E-state index in [1.807, 2.05) is 38.1 Å². The average molecular weight is 315 g/mol. The van der Waals surface area contributed by atoms with Gasteiger partial charge in [-0.25, -0.2) is 4.98 Å². The maximum atomic E-state index is 5.82. The van der Waals surface area contributed by atoms with Crippen LogP contribution in [0.2, 0.25) is 0 Å². The number of rotatable bonds is 3. The van der Waals surface area contributed by atoms with Crippen molar-refractivity contribution in [3.05, 3.63) is 41.1 Å². The standard InChI is InChI=1S/C14H13N5S2/c1-7-8(2)18-19-13(11(7)12(15)20)17-14-16-9-5-3-4-6-10(9)21-14/h3-6H,1-2H3,(H2,15,20)(H,16,17,19). The molecule has 0 fully saturated rings. The Balaban J connectivity index is 2.05. The molecule has 1 aromatic carbocycles. The van der Waals surface area contributed by atoms with E-state index in [1.165, 1.54) is 0 Å². The molecule has 106 valence electrons. The smallest absolute Gasteiger partial charge is 0.189 e. The Bertz CT molecular complexity index is 807. The van der Waals surface area contributed by atoms with Gasteiger partial charge in [-0.15, -0.1) is 5.10 Å². The predicted octanol–water partition coefficient (Wildman–Crippen LogP) is 3.08. The number of hydrogen-bond acceptors (Lipinski definition) is 6. The number of para-hydroxylation sites is 1. The number of anilines is 2. The highest BCUT2D eigenvalue weighted by molar-refractivity contribution is 7.80. The normalized spacial score (nSPS) is 10.8. The molecule has 0 atom stereocenters. The monoisotopic (exact) mass is 315 g/mol. The lowest BCUT2D eigenvalue weighted by atomic mass is 10.1. The maximum Gasteiger partial charge on any atom is 0.189 e. The molecule has 0 radical (unpaired) electrons. The van der Waals surface area contributed by atoms with Gasteiger partial charge in [0.1, 0.15) is 4.99 Å². The zero-order valence-corrected chi connectivity index (χ0v) is 13.2. The summed E-state index contributed by atoms with van der Waals surface area (Å²) in [6.45, 7) is 3.81. The molecule has 2 heterocycles. The first-order valence-electron chi connectivity index (χ1n) is 6.32. The van der Waals surface area contributed by atoms with Gasteiger partial charge in [-0.3, -0.25) is 0 Å². The Labute approximate surface area is 131 Å². The minimum atomic E-state index is 0.300. The molecule has 0 amide bonds. The van der Waals surface area contributed by atoms with Gasteiger partial charge in [0.2, 0.25) is 0 Å². The lowest BCUT2D eigenvalue weighted by Crippen LogP contribution is -2.16. The van der Waals surface area contributed by atoms with Gasteiger partial charge in [0.25, 0.3) is 0 Å². The van der Waals surface area contributed by atoms with Gasteiger partial charge in [0, 0.05) is 0 Å². The Kier molecular flexibility index (Phi) is 3.52. The molecule has 0 unspecified atom stereocenters. The van der Waals surface area contributed by atoms with Crippen LogP contribution in [0.3, 0.4) is 0 Å². The first-order chi connectivity index (χ1) is 10.1. The largest absolute Gasteiger partial charge is 0.389 e. The van der Waals surface area contributed by atoms with E-state index in [9.17, 15) is 0 Å². The molecule has 0 saturated carbocycles. The van der Waals surface area contributed by atoms with Crippen molar-refractivity contribution in [1.29, 1.82) is 0 Å². The molecule has 5 nitrogen and oxygen atoms in total. The van der Waals surface area contributed by atoms with Gasteiger partial charge in [-0.1, -0.05) is 35.7 Å². The minimum Gasteiger partial charge on any atom is -0.389 e. The molecule has 0 aliphatic rings. The fraction of sp³-hybridized carbons (Fsp3) is 0.143. The Hall–Kier alpha value is -2.12. The summed E-state index contributed by atoms with van der Waals surface area (Å²) in [7, 11) is 0. The number of nitrogens with two attached hydrogens (primary N) is 1. The number of benzene rings is 1. The molecule has 0 bridgehead atoms. The number of aromatic nitrogens is 3. The average Bonchev–Trinajstić information content (AvgIpc) is 2.85. The molecule has 3 aromatic rings. The molecule has 3 N–H and O–H groups in total. The van der Waals surface area contributed by atoms with Gasteiger partial charge >= 0.3 is 0 Å². The van der Waals surface area contributed by atoms with Crippen LogP contribution in [0, 0.1) is 13.8 Å². The molecule has 2 aromatic heterocycles. The third-order valence-corrected chi connectivity index (χ3v) is 4.38. The zero-order valence-electron chi connectivity index (χ0n) is 11.5. The number of thiazole rings is 1. The molecule has 21 heavy (non-hydrogen) atoms. The van der Waals surface area contributed by atoms with E-state index in [4.69, 9.17) is 18.0 Å². The van der Waals surface area contributed by atoms with Crippen LogP contribution in [0.15, 0.2) is 24.3 Å². The summed E-state index contributed by atoms with van der Waals surface area (Å²) in [6.07, 6.45) is 0. The van der Waals surface area contributed by atoms with Crippen LogP contribution < -0.4 is 11.1 Å². The van der Waals surface area contributed by atoms with Crippen molar-refractivity contribution >= 4 is 49.7 Å². The molecule has 0 spiro atoms. The van der Waals surface area contributed by atoms with Crippen molar-refractivity contribution < 1.29 is 0 Å².